The van der Waals surface area contributed by atoms with Gasteiger partial charge in [0.05, 0.1) is 0 Å². The number of ketones is 1. The molecule has 0 fully saturated rings. The van der Waals surface area contributed by atoms with Crippen LogP contribution in [0.4, 0.5) is 0 Å². The lowest BCUT2D eigenvalue weighted by Crippen LogP contribution is -1.93. The molecule has 0 bridgehead atoms. The predicted molar refractivity (Wildman–Crippen MR) is 124 cm³/mol. The van der Waals surface area contributed by atoms with Gasteiger partial charge in [0.2, 0.25) is 0 Å². The summed E-state index contributed by atoms with van der Waals surface area (Å²) >= 11 is 0. The molecule has 0 spiro atoms. The van der Waals surface area contributed by atoms with E-state index in [2.05, 4.69) is 55.1 Å². The van der Waals surface area contributed by atoms with Gasteiger partial charge in [0, 0.05) is 5.56 Å². The molecule has 0 saturated carbocycles. The van der Waals surface area contributed by atoms with Crippen LogP contribution in [0.5, 0.6) is 0 Å². The van der Waals surface area contributed by atoms with Crippen LogP contribution in [0.3, 0.4) is 0 Å². The van der Waals surface area contributed by atoms with Crippen LogP contribution in [0.25, 0.3) is 11.6 Å². The third-order valence-electron chi connectivity index (χ3n) is 5.09. The molecule has 146 valence electrons. The van der Waals surface area contributed by atoms with Gasteiger partial charge in [-0.2, -0.15) is 0 Å². The summed E-state index contributed by atoms with van der Waals surface area (Å²) in [6.45, 7) is 6.02. The first kappa shape index (κ1) is 20.5. The number of unbranched alkanes of at least 4 members (excludes halogenated alkanes) is 1. The van der Waals surface area contributed by atoms with E-state index < -0.39 is 0 Å². The molecular formula is C28H28O. The van der Waals surface area contributed by atoms with Crippen LogP contribution < -0.4 is 0 Å². The van der Waals surface area contributed by atoms with E-state index in [1.807, 2.05) is 43.3 Å². The second-order valence-corrected chi connectivity index (χ2v) is 7.49. The monoisotopic (exact) mass is 380 g/mol. The Kier molecular flexibility index (Phi) is 7.35. The zero-order valence-electron chi connectivity index (χ0n) is 17.1. The summed E-state index contributed by atoms with van der Waals surface area (Å²) in [7, 11) is 0. The van der Waals surface area contributed by atoms with Crippen molar-refractivity contribution in [1.82, 2.24) is 0 Å². The van der Waals surface area contributed by atoms with Gasteiger partial charge in [0.15, 0.2) is 5.78 Å². The van der Waals surface area contributed by atoms with Gasteiger partial charge < -0.3 is 0 Å². The lowest BCUT2D eigenvalue weighted by Gasteiger charge is -2.05. The first-order chi connectivity index (χ1) is 14.1. The molecule has 0 aliphatic rings. The van der Waals surface area contributed by atoms with Crippen LogP contribution in [-0.4, -0.2) is 5.78 Å². The maximum atomic E-state index is 12.1. The Labute approximate surface area is 174 Å². The van der Waals surface area contributed by atoms with Crippen molar-refractivity contribution in [3.63, 3.8) is 0 Å². The Bertz CT molecular complexity index is 961. The summed E-state index contributed by atoms with van der Waals surface area (Å²) in [5.41, 5.74) is 6.82. The molecule has 0 heterocycles. The topological polar surface area (TPSA) is 17.1 Å². The quantitative estimate of drug-likeness (QED) is 0.218. The van der Waals surface area contributed by atoms with E-state index in [1.165, 1.54) is 29.5 Å². The molecule has 1 nitrogen and oxygen atoms in total. The molecule has 3 aromatic carbocycles. The lowest BCUT2D eigenvalue weighted by molar-refractivity contribution is 0.104. The highest BCUT2D eigenvalue weighted by Crippen LogP contribution is 2.15. The lowest BCUT2D eigenvalue weighted by atomic mass is 10.0. The van der Waals surface area contributed by atoms with Gasteiger partial charge in [-0.15, -0.1) is 0 Å². The Morgan fingerprint density at radius 1 is 0.759 bits per heavy atom. The van der Waals surface area contributed by atoms with E-state index in [-0.39, 0.29) is 5.78 Å². The molecule has 0 aliphatic heterocycles. The Hall–Kier alpha value is -3.19. The number of rotatable bonds is 9. The van der Waals surface area contributed by atoms with Gasteiger partial charge >= 0.3 is 0 Å². The minimum absolute atomic E-state index is 0.0333. The van der Waals surface area contributed by atoms with Crippen molar-refractivity contribution in [1.29, 1.82) is 0 Å². The molecule has 0 saturated heterocycles. The second kappa shape index (κ2) is 10.4. The first-order valence-corrected chi connectivity index (χ1v) is 10.2. The van der Waals surface area contributed by atoms with Crippen molar-refractivity contribution >= 4 is 17.4 Å². The largest absolute Gasteiger partial charge is 0.289 e. The van der Waals surface area contributed by atoms with Crippen molar-refractivity contribution in [3.8, 4) is 0 Å². The summed E-state index contributed by atoms with van der Waals surface area (Å²) in [4.78, 5) is 12.1. The molecule has 0 radical (unpaired) electrons. The molecule has 0 atom stereocenters. The van der Waals surface area contributed by atoms with Crippen LogP contribution in [0, 0.1) is 0 Å². The van der Waals surface area contributed by atoms with Crippen LogP contribution in [0.15, 0.2) is 91.5 Å². The molecule has 0 aromatic heterocycles. The zero-order valence-corrected chi connectivity index (χ0v) is 17.1. The minimum Gasteiger partial charge on any atom is -0.289 e. The molecule has 29 heavy (non-hydrogen) atoms. The smallest absolute Gasteiger partial charge is 0.185 e. The van der Waals surface area contributed by atoms with E-state index in [1.54, 1.807) is 6.08 Å². The summed E-state index contributed by atoms with van der Waals surface area (Å²) < 4.78 is 0. The fourth-order valence-electron chi connectivity index (χ4n) is 3.28. The van der Waals surface area contributed by atoms with E-state index >= 15 is 0 Å². The standard InChI is InChI=1S/C28H28O/c1-22(2)26-19-16-24(17-20-26)9-7-6-8-23-12-14-25(15-13-23)18-21-28(29)27-10-4-3-5-11-27/h3-5,10-21H,1,6-9H2,2H3/b21-18+. The molecule has 3 aromatic rings. The molecule has 0 amide bonds. The number of allylic oxidation sites excluding steroid dienone is 2. The third kappa shape index (κ3) is 6.43. The number of benzene rings is 3. The van der Waals surface area contributed by atoms with Gasteiger partial charge in [-0.3, -0.25) is 4.79 Å². The Morgan fingerprint density at radius 3 is 1.86 bits per heavy atom. The van der Waals surface area contributed by atoms with Crippen molar-refractivity contribution in [2.45, 2.75) is 32.6 Å². The van der Waals surface area contributed by atoms with Gasteiger partial charge in [0.1, 0.15) is 0 Å². The molecule has 0 unspecified atom stereocenters. The summed E-state index contributed by atoms with van der Waals surface area (Å²) in [5, 5.41) is 0. The van der Waals surface area contributed by atoms with Crippen molar-refractivity contribution in [2.75, 3.05) is 0 Å². The SMILES string of the molecule is C=C(C)c1ccc(CCCCc2ccc(/C=C/C(=O)c3ccccc3)cc2)cc1. The van der Waals surface area contributed by atoms with Gasteiger partial charge in [-0.05, 0) is 60.9 Å². The molecule has 3 rings (SSSR count). The normalized spacial score (nSPS) is 10.9. The van der Waals surface area contributed by atoms with Crippen LogP contribution in [0.1, 0.15) is 52.4 Å². The van der Waals surface area contributed by atoms with Crippen LogP contribution in [0.2, 0.25) is 0 Å². The average Bonchev–Trinajstić information content (AvgIpc) is 2.77. The van der Waals surface area contributed by atoms with Gasteiger partial charge in [0.25, 0.3) is 0 Å². The van der Waals surface area contributed by atoms with Gasteiger partial charge in [-0.25, -0.2) is 0 Å². The summed E-state index contributed by atoms with van der Waals surface area (Å²) in [5.74, 6) is 0.0333. The van der Waals surface area contributed by atoms with Crippen LogP contribution >= 0.6 is 0 Å². The fraction of sp³-hybridized carbons (Fsp3) is 0.179. The zero-order chi connectivity index (χ0) is 20.5. The predicted octanol–water partition coefficient (Wildman–Crippen LogP) is 7.18. The van der Waals surface area contributed by atoms with Crippen molar-refractivity contribution in [2.24, 2.45) is 0 Å². The van der Waals surface area contributed by atoms with Crippen LogP contribution in [-0.2, 0) is 12.8 Å². The van der Waals surface area contributed by atoms with Gasteiger partial charge in [-0.1, -0.05) is 97.1 Å². The number of hydrogen-bond acceptors (Lipinski definition) is 1. The third-order valence-corrected chi connectivity index (χ3v) is 5.09. The molecular weight excluding hydrogens is 352 g/mol. The Morgan fingerprint density at radius 2 is 1.31 bits per heavy atom. The van der Waals surface area contributed by atoms with Crippen molar-refractivity contribution < 1.29 is 4.79 Å². The highest BCUT2D eigenvalue weighted by atomic mass is 16.1. The second-order valence-electron chi connectivity index (χ2n) is 7.49. The summed E-state index contributed by atoms with van der Waals surface area (Å²) in [6.07, 6.45) is 8.07. The van der Waals surface area contributed by atoms with E-state index in [4.69, 9.17) is 0 Å². The number of hydrogen-bond donors (Lipinski definition) is 0. The molecule has 0 N–H and O–H groups in total. The highest BCUT2D eigenvalue weighted by Gasteiger charge is 2.00. The molecule has 0 aliphatic carbocycles. The number of carbonyl (C=O) groups is 1. The number of aryl methyl sites for hydroxylation is 2. The first-order valence-electron chi connectivity index (χ1n) is 10.2. The maximum absolute atomic E-state index is 12.1. The average molecular weight is 381 g/mol. The fourth-order valence-corrected chi connectivity index (χ4v) is 3.28. The molecule has 1 heteroatoms. The minimum atomic E-state index is 0.0333. The Balaban J connectivity index is 1.44. The maximum Gasteiger partial charge on any atom is 0.185 e. The summed E-state index contributed by atoms with van der Waals surface area (Å²) in [6, 6.07) is 26.6. The highest BCUT2D eigenvalue weighted by molar-refractivity contribution is 6.06. The van der Waals surface area contributed by atoms with E-state index in [0.29, 0.717) is 0 Å². The van der Waals surface area contributed by atoms with E-state index in [0.717, 1.165) is 29.5 Å². The van der Waals surface area contributed by atoms with E-state index in [9.17, 15) is 4.79 Å². The van der Waals surface area contributed by atoms with Crippen molar-refractivity contribution in [3.05, 3.63) is 119 Å². The number of carbonyl (C=O) groups excluding carboxylic acids is 1.